The molecule has 0 spiro atoms. The van der Waals surface area contributed by atoms with Gasteiger partial charge in [0.25, 0.3) is 0 Å². The van der Waals surface area contributed by atoms with Crippen molar-refractivity contribution in [2.24, 2.45) is 0 Å². The third-order valence-electron chi connectivity index (χ3n) is 5.98. The minimum absolute atomic E-state index is 0.00891. The standard InChI is InChI=1S/C26H27N3O5S/c1-15(11-12-22(30)27-13-23-29-16(2)24(35-23)25(31)32)28-26(33)34-14-21-19-9-5-3-7-17(19)18-8-4-6-10-20(18)21/h3-10,15,21H,11-14H2,1-2H3,(H,27,30)(H,28,33)(H,31,32). The lowest BCUT2D eigenvalue weighted by atomic mass is 9.98. The molecule has 1 heterocycles. The molecule has 0 aliphatic heterocycles. The monoisotopic (exact) mass is 493 g/mol. The van der Waals surface area contributed by atoms with Crippen LogP contribution in [0.1, 0.15) is 57.2 Å². The van der Waals surface area contributed by atoms with E-state index in [0.29, 0.717) is 17.1 Å². The highest BCUT2D eigenvalue weighted by molar-refractivity contribution is 7.13. The summed E-state index contributed by atoms with van der Waals surface area (Å²) in [7, 11) is 0. The van der Waals surface area contributed by atoms with Crippen LogP contribution in [-0.2, 0) is 16.1 Å². The number of fused-ring (bicyclic) bond motifs is 3. The van der Waals surface area contributed by atoms with Crippen LogP contribution in [0.15, 0.2) is 48.5 Å². The van der Waals surface area contributed by atoms with E-state index in [2.05, 4.69) is 39.9 Å². The van der Waals surface area contributed by atoms with Crippen molar-refractivity contribution >= 4 is 29.3 Å². The third kappa shape index (κ3) is 5.68. The van der Waals surface area contributed by atoms with E-state index in [-0.39, 0.29) is 42.3 Å². The molecule has 35 heavy (non-hydrogen) atoms. The average Bonchev–Trinajstić information content (AvgIpc) is 3.38. The Balaban J connectivity index is 1.21. The zero-order chi connectivity index (χ0) is 24.9. The zero-order valence-corrected chi connectivity index (χ0v) is 20.4. The van der Waals surface area contributed by atoms with E-state index in [1.807, 2.05) is 31.2 Å². The van der Waals surface area contributed by atoms with E-state index in [1.54, 1.807) is 6.92 Å². The van der Waals surface area contributed by atoms with Gasteiger partial charge in [-0.1, -0.05) is 48.5 Å². The van der Waals surface area contributed by atoms with Gasteiger partial charge in [0.05, 0.1) is 12.2 Å². The number of alkyl carbamates (subject to hydrolysis) is 1. The number of hydrogen-bond acceptors (Lipinski definition) is 6. The van der Waals surface area contributed by atoms with Crippen molar-refractivity contribution in [1.82, 2.24) is 15.6 Å². The predicted octanol–water partition coefficient (Wildman–Crippen LogP) is 4.47. The lowest BCUT2D eigenvalue weighted by molar-refractivity contribution is -0.121. The first-order chi connectivity index (χ1) is 16.8. The SMILES string of the molecule is Cc1nc(CNC(=O)CCC(C)NC(=O)OCC2c3ccccc3-c3ccccc32)sc1C(=O)O. The Morgan fingerprint density at radius 1 is 1.09 bits per heavy atom. The van der Waals surface area contributed by atoms with Crippen LogP contribution in [0.4, 0.5) is 4.79 Å². The van der Waals surface area contributed by atoms with E-state index in [9.17, 15) is 14.4 Å². The molecule has 3 N–H and O–H groups in total. The Kier molecular flexibility index (Phi) is 7.45. The quantitative estimate of drug-likeness (QED) is 0.405. The van der Waals surface area contributed by atoms with E-state index in [0.717, 1.165) is 22.5 Å². The molecule has 0 fully saturated rings. The number of aromatic carboxylic acids is 1. The molecule has 1 atom stereocenters. The second kappa shape index (κ2) is 10.7. The summed E-state index contributed by atoms with van der Waals surface area (Å²) >= 11 is 1.05. The average molecular weight is 494 g/mol. The topological polar surface area (TPSA) is 118 Å². The molecule has 1 unspecified atom stereocenters. The van der Waals surface area contributed by atoms with E-state index < -0.39 is 12.1 Å². The number of carboxylic acids is 1. The number of aryl methyl sites for hydroxylation is 1. The largest absolute Gasteiger partial charge is 0.477 e. The van der Waals surface area contributed by atoms with Gasteiger partial charge in [0.2, 0.25) is 5.91 Å². The first-order valence-electron chi connectivity index (χ1n) is 11.4. The number of amides is 2. The van der Waals surface area contributed by atoms with Gasteiger partial charge >= 0.3 is 12.1 Å². The lowest BCUT2D eigenvalue weighted by Crippen LogP contribution is -2.35. The van der Waals surface area contributed by atoms with Crippen molar-refractivity contribution < 1.29 is 24.2 Å². The van der Waals surface area contributed by atoms with Crippen LogP contribution in [-0.4, -0.2) is 40.7 Å². The summed E-state index contributed by atoms with van der Waals surface area (Å²) in [6.07, 6.45) is 0.132. The van der Waals surface area contributed by atoms with Crippen molar-refractivity contribution in [2.45, 2.75) is 45.2 Å². The Hall–Kier alpha value is -3.72. The fourth-order valence-corrected chi connectivity index (χ4v) is 5.09. The van der Waals surface area contributed by atoms with Gasteiger partial charge in [-0.2, -0.15) is 0 Å². The molecule has 8 nitrogen and oxygen atoms in total. The fraction of sp³-hybridized carbons (Fsp3) is 0.308. The van der Waals surface area contributed by atoms with Gasteiger partial charge in [0.1, 0.15) is 16.5 Å². The summed E-state index contributed by atoms with van der Waals surface area (Å²) in [5.74, 6) is -1.23. The van der Waals surface area contributed by atoms with Gasteiger partial charge in [-0.25, -0.2) is 14.6 Å². The highest BCUT2D eigenvalue weighted by atomic mass is 32.1. The summed E-state index contributed by atoms with van der Waals surface area (Å²) in [6.45, 7) is 3.85. The molecule has 0 saturated carbocycles. The van der Waals surface area contributed by atoms with E-state index >= 15 is 0 Å². The highest BCUT2D eigenvalue weighted by Gasteiger charge is 2.29. The molecular weight excluding hydrogens is 466 g/mol. The van der Waals surface area contributed by atoms with Crippen LogP contribution in [0.3, 0.4) is 0 Å². The van der Waals surface area contributed by atoms with Gasteiger partial charge < -0.3 is 20.5 Å². The first-order valence-corrected chi connectivity index (χ1v) is 12.2. The summed E-state index contributed by atoms with van der Waals surface area (Å²) in [4.78, 5) is 40.0. The molecule has 0 radical (unpaired) electrons. The minimum atomic E-state index is -1.02. The summed E-state index contributed by atoms with van der Waals surface area (Å²) in [5, 5.41) is 15.2. The molecule has 0 saturated heterocycles. The third-order valence-corrected chi connectivity index (χ3v) is 7.13. The van der Waals surface area contributed by atoms with Crippen LogP contribution in [0, 0.1) is 6.92 Å². The Morgan fingerprint density at radius 3 is 2.31 bits per heavy atom. The number of thiazole rings is 1. The maximum absolute atomic E-state index is 12.4. The van der Waals surface area contributed by atoms with Gasteiger partial charge in [-0.15, -0.1) is 11.3 Å². The van der Waals surface area contributed by atoms with Gasteiger partial charge in [-0.05, 0) is 42.5 Å². The molecule has 1 aromatic heterocycles. The molecule has 3 aromatic rings. The van der Waals surface area contributed by atoms with Crippen molar-refractivity contribution in [1.29, 1.82) is 0 Å². The number of rotatable bonds is 9. The fourth-order valence-electron chi connectivity index (χ4n) is 4.25. The lowest BCUT2D eigenvalue weighted by Gasteiger charge is -2.17. The van der Waals surface area contributed by atoms with E-state index in [4.69, 9.17) is 9.84 Å². The molecular formula is C26H27N3O5S. The van der Waals surface area contributed by atoms with Crippen LogP contribution < -0.4 is 10.6 Å². The predicted molar refractivity (Wildman–Crippen MR) is 133 cm³/mol. The maximum atomic E-state index is 12.4. The number of nitrogens with zero attached hydrogens (tertiary/aromatic N) is 1. The summed E-state index contributed by atoms with van der Waals surface area (Å²) in [6, 6.07) is 16.1. The Bertz CT molecular complexity index is 1210. The smallest absolute Gasteiger partial charge is 0.407 e. The van der Waals surface area contributed by atoms with Crippen LogP contribution in [0.5, 0.6) is 0 Å². The number of nitrogens with one attached hydrogen (secondary N) is 2. The number of hydrogen-bond donors (Lipinski definition) is 3. The highest BCUT2D eigenvalue weighted by Crippen LogP contribution is 2.44. The number of carbonyl (C=O) groups is 3. The normalized spacial score (nSPS) is 13.0. The molecule has 4 rings (SSSR count). The molecule has 2 aromatic carbocycles. The van der Waals surface area contributed by atoms with Gasteiger partial charge in [0.15, 0.2) is 0 Å². The molecule has 0 bridgehead atoms. The number of aromatic nitrogens is 1. The molecule has 1 aliphatic carbocycles. The number of carboxylic acid groups (broad SMARTS) is 1. The summed E-state index contributed by atoms with van der Waals surface area (Å²) < 4.78 is 5.55. The number of carbonyl (C=O) groups excluding carboxylic acids is 2. The van der Waals surface area contributed by atoms with Crippen LogP contribution in [0.25, 0.3) is 11.1 Å². The van der Waals surface area contributed by atoms with Gasteiger partial charge in [0, 0.05) is 18.4 Å². The van der Waals surface area contributed by atoms with Crippen molar-refractivity contribution in [3.8, 4) is 11.1 Å². The second-order valence-electron chi connectivity index (χ2n) is 8.51. The number of benzene rings is 2. The van der Waals surface area contributed by atoms with Crippen LogP contribution >= 0.6 is 11.3 Å². The van der Waals surface area contributed by atoms with Crippen molar-refractivity contribution in [3.05, 3.63) is 75.2 Å². The van der Waals surface area contributed by atoms with Crippen molar-refractivity contribution in [2.75, 3.05) is 6.61 Å². The Labute approximate surface area is 207 Å². The zero-order valence-electron chi connectivity index (χ0n) is 19.5. The molecule has 9 heteroatoms. The number of ether oxygens (including phenoxy) is 1. The summed E-state index contributed by atoms with van der Waals surface area (Å²) in [5.41, 5.74) is 5.08. The maximum Gasteiger partial charge on any atom is 0.407 e. The molecule has 182 valence electrons. The van der Waals surface area contributed by atoms with Gasteiger partial charge in [-0.3, -0.25) is 4.79 Å². The molecule has 1 aliphatic rings. The van der Waals surface area contributed by atoms with Crippen LogP contribution in [0.2, 0.25) is 0 Å². The minimum Gasteiger partial charge on any atom is -0.477 e. The second-order valence-corrected chi connectivity index (χ2v) is 9.60. The Morgan fingerprint density at radius 2 is 1.71 bits per heavy atom. The first kappa shape index (κ1) is 24.4. The van der Waals surface area contributed by atoms with Crippen molar-refractivity contribution in [3.63, 3.8) is 0 Å². The molecule has 2 amide bonds. The van der Waals surface area contributed by atoms with E-state index in [1.165, 1.54) is 11.1 Å².